The number of halogens is 1. The molecule has 5 heteroatoms. The molecule has 2 aliphatic heterocycles. The molecule has 2 saturated heterocycles. The molecule has 2 heterocycles. The lowest BCUT2D eigenvalue weighted by molar-refractivity contribution is -0.123. The Morgan fingerprint density at radius 3 is 2.70 bits per heavy atom. The van der Waals surface area contributed by atoms with Crippen LogP contribution in [0.25, 0.3) is 0 Å². The van der Waals surface area contributed by atoms with Crippen LogP contribution < -0.4 is 10.6 Å². The molecule has 1 amide bonds. The van der Waals surface area contributed by atoms with Gasteiger partial charge in [0, 0.05) is 19.6 Å². The molecule has 20 heavy (non-hydrogen) atoms. The molecule has 0 radical (unpaired) electrons. The third kappa shape index (κ3) is 4.61. The molecule has 3 aliphatic rings. The molecule has 3 rings (SSSR count). The fraction of sp³-hybridized carbons (Fsp3) is 0.933. The summed E-state index contributed by atoms with van der Waals surface area (Å²) in [5, 5.41) is 6.42. The number of rotatable bonds is 5. The Hall–Kier alpha value is -0.320. The Morgan fingerprint density at radius 2 is 2.00 bits per heavy atom. The molecule has 0 aromatic carbocycles. The van der Waals surface area contributed by atoms with Crippen molar-refractivity contribution in [2.45, 2.75) is 44.6 Å². The van der Waals surface area contributed by atoms with Crippen LogP contribution in [0.3, 0.4) is 0 Å². The summed E-state index contributed by atoms with van der Waals surface area (Å²) in [6.45, 7) is 5.63. The molecule has 0 aromatic rings. The Kier molecular flexibility index (Phi) is 6.12. The van der Waals surface area contributed by atoms with Crippen LogP contribution in [-0.4, -0.2) is 49.6 Å². The van der Waals surface area contributed by atoms with E-state index in [1.165, 1.54) is 45.3 Å². The highest BCUT2D eigenvalue weighted by molar-refractivity contribution is 5.85. The van der Waals surface area contributed by atoms with Crippen molar-refractivity contribution in [2.24, 2.45) is 11.8 Å². The van der Waals surface area contributed by atoms with Gasteiger partial charge < -0.3 is 15.5 Å². The van der Waals surface area contributed by atoms with Crippen molar-refractivity contribution in [1.29, 1.82) is 0 Å². The fourth-order valence-corrected chi connectivity index (χ4v) is 3.43. The molecule has 4 nitrogen and oxygen atoms in total. The van der Waals surface area contributed by atoms with Crippen molar-refractivity contribution >= 4 is 18.3 Å². The van der Waals surface area contributed by atoms with Crippen LogP contribution in [0.15, 0.2) is 0 Å². The minimum absolute atomic E-state index is 0. The lowest BCUT2D eigenvalue weighted by Crippen LogP contribution is -2.45. The van der Waals surface area contributed by atoms with Gasteiger partial charge in [-0.05, 0) is 63.5 Å². The van der Waals surface area contributed by atoms with Crippen LogP contribution in [-0.2, 0) is 4.79 Å². The van der Waals surface area contributed by atoms with Crippen molar-refractivity contribution in [3.8, 4) is 0 Å². The van der Waals surface area contributed by atoms with Crippen LogP contribution in [0, 0.1) is 11.8 Å². The van der Waals surface area contributed by atoms with E-state index in [1.807, 2.05) is 0 Å². The predicted octanol–water partition coefficient (Wildman–Crippen LogP) is 1.40. The normalized spacial score (nSPS) is 30.8. The summed E-state index contributed by atoms with van der Waals surface area (Å²) >= 11 is 0. The minimum Gasteiger partial charge on any atom is -0.354 e. The summed E-state index contributed by atoms with van der Waals surface area (Å²) in [7, 11) is 0. The second kappa shape index (κ2) is 7.62. The molecular weight excluding hydrogens is 274 g/mol. The highest BCUT2D eigenvalue weighted by atomic mass is 35.5. The zero-order chi connectivity index (χ0) is 13.1. The van der Waals surface area contributed by atoms with Crippen LogP contribution >= 0.6 is 12.4 Å². The van der Waals surface area contributed by atoms with E-state index in [1.54, 1.807) is 0 Å². The van der Waals surface area contributed by atoms with Crippen molar-refractivity contribution in [3.05, 3.63) is 0 Å². The zero-order valence-electron chi connectivity index (χ0n) is 12.3. The number of likely N-dealkylation sites (tertiary alicyclic amines) is 1. The maximum absolute atomic E-state index is 12.0. The minimum atomic E-state index is 0. The highest BCUT2D eigenvalue weighted by Crippen LogP contribution is 2.31. The van der Waals surface area contributed by atoms with Gasteiger partial charge in [-0.2, -0.15) is 0 Å². The van der Waals surface area contributed by atoms with Gasteiger partial charge >= 0.3 is 0 Å². The number of piperidine rings is 1. The van der Waals surface area contributed by atoms with E-state index in [2.05, 4.69) is 15.5 Å². The first-order valence-electron chi connectivity index (χ1n) is 8.05. The smallest absolute Gasteiger partial charge is 0.237 e. The van der Waals surface area contributed by atoms with Crippen molar-refractivity contribution in [2.75, 3.05) is 32.7 Å². The second-order valence-electron chi connectivity index (χ2n) is 6.61. The molecule has 2 atom stereocenters. The van der Waals surface area contributed by atoms with E-state index in [0.717, 1.165) is 31.8 Å². The Morgan fingerprint density at radius 1 is 1.15 bits per heavy atom. The van der Waals surface area contributed by atoms with Crippen molar-refractivity contribution < 1.29 is 4.79 Å². The Labute approximate surface area is 128 Å². The van der Waals surface area contributed by atoms with E-state index in [-0.39, 0.29) is 24.4 Å². The maximum Gasteiger partial charge on any atom is 0.237 e. The molecule has 0 bridgehead atoms. The third-order valence-electron chi connectivity index (χ3n) is 4.76. The van der Waals surface area contributed by atoms with Gasteiger partial charge in [-0.25, -0.2) is 0 Å². The molecule has 0 spiro atoms. The summed E-state index contributed by atoms with van der Waals surface area (Å²) in [4.78, 5) is 14.6. The van der Waals surface area contributed by atoms with Crippen molar-refractivity contribution in [3.63, 3.8) is 0 Å². The number of carbonyl (C=O) groups excluding carboxylic acids is 1. The first kappa shape index (κ1) is 16.1. The number of amides is 1. The monoisotopic (exact) mass is 301 g/mol. The standard InChI is InChI=1S/C15H27N3O.ClH/c19-15(14-4-1-7-16-14)17-9-13-3-2-8-18(11-13)10-12-5-6-12;/h12-14,16H,1-11H2,(H,17,19);1H. The summed E-state index contributed by atoms with van der Waals surface area (Å²) in [5.41, 5.74) is 0. The number of nitrogens with one attached hydrogen (secondary N) is 2. The van der Waals surface area contributed by atoms with Gasteiger partial charge in [-0.15, -0.1) is 12.4 Å². The molecular formula is C15H28ClN3O. The van der Waals surface area contributed by atoms with Gasteiger partial charge in [0.2, 0.25) is 5.91 Å². The maximum atomic E-state index is 12.0. The molecule has 1 aliphatic carbocycles. The molecule has 3 fully saturated rings. The third-order valence-corrected chi connectivity index (χ3v) is 4.76. The first-order chi connectivity index (χ1) is 9.31. The quantitative estimate of drug-likeness (QED) is 0.807. The van der Waals surface area contributed by atoms with Crippen LogP contribution in [0.4, 0.5) is 0 Å². The first-order valence-corrected chi connectivity index (χ1v) is 8.05. The number of nitrogens with zero attached hydrogens (tertiary/aromatic N) is 1. The summed E-state index contributed by atoms with van der Waals surface area (Å²) in [6.07, 6.45) is 7.59. The highest BCUT2D eigenvalue weighted by Gasteiger charge is 2.28. The van der Waals surface area contributed by atoms with E-state index in [4.69, 9.17) is 0 Å². The summed E-state index contributed by atoms with van der Waals surface area (Å²) in [6, 6.07) is 0.0751. The molecule has 0 aromatic heterocycles. The van der Waals surface area contributed by atoms with Gasteiger partial charge in [0.1, 0.15) is 0 Å². The number of hydrogen-bond acceptors (Lipinski definition) is 3. The second-order valence-corrected chi connectivity index (χ2v) is 6.61. The molecule has 2 unspecified atom stereocenters. The SMILES string of the molecule is Cl.O=C(NCC1CCCN(CC2CC2)C1)C1CCCN1. The van der Waals surface area contributed by atoms with Crippen LogP contribution in [0.2, 0.25) is 0 Å². The topological polar surface area (TPSA) is 44.4 Å². The van der Waals surface area contributed by atoms with E-state index < -0.39 is 0 Å². The van der Waals surface area contributed by atoms with Gasteiger partial charge in [-0.1, -0.05) is 0 Å². The van der Waals surface area contributed by atoms with Gasteiger partial charge in [0.15, 0.2) is 0 Å². The molecule has 116 valence electrons. The fourth-order valence-electron chi connectivity index (χ4n) is 3.43. The summed E-state index contributed by atoms with van der Waals surface area (Å²) < 4.78 is 0. The predicted molar refractivity (Wildman–Crippen MR) is 83.2 cm³/mol. The average molecular weight is 302 g/mol. The molecule has 2 N–H and O–H groups in total. The Bertz CT molecular complexity index is 316. The Balaban J connectivity index is 0.00000147. The number of hydrogen-bond donors (Lipinski definition) is 2. The average Bonchev–Trinajstić information content (AvgIpc) is 3.07. The van der Waals surface area contributed by atoms with Crippen LogP contribution in [0.1, 0.15) is 38.5 Å². The zero-order valence-corrected chi connectivity index (χ0v) is 13.1. The van der Waals surface area contributed by atoms with Gasteiger partial charge in [-0.3, -0.25) is 4.79 Å². The summed E-state index contributed by atoms with van der Waals surface area (Å²) in [5.74, 6) is 1.87. The van der Waals surface area contributed by atoms with Gasteiger partial charge in [0.25, 0.3) is 0 Å². The lowest BCUT2D eigenvalue weighted by Gasteiger charge is -2.33. The van der Waals surface area contributed by atoms with E-state index in [9.17, 15) is 4.79 Å². The molecule has 1 saturated carbocycles. The van der Waals surface area contributed by atoms with E-state index >= 15 is 0 Å². The largest absolute Gasteiger partial charge is 0.354 e. The van der Waals surface area contributed by atoms with E-state index in [0.29, 0.717) is 5.92 Å². The number of carbonyl (C=O) groups is 1. The lowest BCUT2D eigenvalue weighted by atomic mass is 9.97. The van der Waals surface area contributed by atoms with Gasteiger partial charge in [0.05, 0.1) is 6.04 Å². The van der Waals surface area contributed by atoms with Crippen LogP contribution in [0.5, 0.6) is 0 Å². The van der Waals surface area contributed by atoms with Crippen molar-refractivity contribution in [1.82, 2.24) is 15.5 Å².